The average Bonchev–Trinajstić information content (AvgIpc) is 3.04. The summed E-state index contributed by atoms with van der Waals surface area (Å²) in [5.41, 5.74) is 0. The summed E-state index contributed by atoms with van der Waals surface area (Å²) < 4.78 is 4.95. The first-order valence-electron chi connectivity index (χ1n) is 9.24. The molecule has 26 heavy (non-hydrogen) atoms. The van der Waals surface area contributed by atoms with Gasteiger partial charge in [0.15, 0.2) is 5.76 Å². The number of furan rings is 1. The largest absolute Gasteiger partial charge is 0.433 e. The molecule has 142 valence electrons. The van der Waals surface area contributed by atoms with Gasteiger partial charge in [0.05, 0.1) is 12.0 Å². The minimum absolute atomic E-state index is 0.0596. The first kappa shape index (κ1) is 18.4. The van der Waals surface area contributed by atoms with Crippen molar-refractivity contribution < 1.29 is 18.9 Å². The molecule has 2 heterocycles. The quantitative estimate of drug-likeness (QED) is 0.592. The normalized spacial score (nSPS) is 18.7. The van der Waals surface area contributed by atoms with Crippen LogP contribution < -0.4 is 0 Å². The standard InChI is InChI=1S/C18H25N3O5/c1-12(2)20(14-6-4-3-5-7-14)17(22)13-10-19(11-13)18(23)15-8-9-16(26-15)21(24)25/h8-9,12-14H,3-7,10-11H2,1-2H3. The summed E-state index contributed by atoms with van der Waals surface area (Å²) in [5.74, 6) is -1.01. The first-order valence-corrected chi connectivity index (χ1v) is 9.24. The summed E-state index contributed by atoms with van der Waals surface area (Å²) in [4.78, 5) is 38.7. The minimum Gasteiger partial charge on any atom is -0.395 e. The lowest BCUT2D eigenvalue weighted by Crippen LogP contribution is -2.59. The van der Waals surface area contributed by atoms with Gasteiger partial charge in [-0.3, -0.25) is 19.7 Å². The number of rotatable bonds is 5. The molecule has 0 spiro atoms. The van der Waals surface area contributed by atoms with Gasteiger partial charge >= 0.3 is 5.88 Å². The maximum Gasteiger partial charge on any atom is 0.433 e. The molecule has 3 rings (SSSR count). The Morgan fingerprint density at radius 3 is 2.42 bits per heavy atom. The number of nitro groups is 1. The Hall–Kier alpha value is -2.38. The highest BCUT2D eigenvalue weighted by Crippen LogP contribution is 2.29. The highest BCUT2D eigenvalue weighted by atomic mass is 16.6. The molecule has 0 N–H and O–H groups in total. The monoisotopic (exact) mass is 363 g/mol. The molecule has 1 aliphatic heterocycles. The molecule has 0 unspecified atom stereocenters. The second-order valence-corrected chi connectivity index (χ2v) is 7.43. The number of carbonyl (C=O) groups is 2. The van der Waals surface area contributed by atoms with Crippen molar-refractivity contribution >= 4 is 17.7 Å². The Labute approximate surface area is 152 Å². The second kappa shape index (κ2) is 7.47. The van der Waals surface area contributed by atoms with E-state index in [9.17, 15) is 19.7 Å². The summed E-state index contributed by atoms with van der Waals surface area (Å²) in [5, 5.41) is 10.7. The molecule has 0 radical (unpaired) electrons. The molecule has 8 heteroatoms. The third kappa shape index (κ3) is 3.59. The van der Waals surface area contributed by atoms with Crippen LogP contribution in [-0.4, -0.2) is 51.7 Å². The predicted molar refractivity (Wildman–Crippen MR) is 93.6 cm³/mol. The maximum absolute atomic E-state index is 12.9. The Morgan fingerprint density at radius 2 is 1.88 bits per heavy atom. The molecule has 1 aromatic rings. The number of likely N-dealkylation sites (tertiary alicyclic amines) is 1. The van der Waals surface area contributed by atoms with Crippen LogP contribution in [0.15, 0.2) is 16.5 Å². The minimum atomic E-state index is -0.677. The van der Waals surface area contributed by atoms with Gasteiger partial charge in [-0.2, -0.15) is 0 Å². The van der Waals surface area contributed by atoms with E-state index in [1.54, 1.807) is 0 Å². The zero-order valence-electron chi connectivity index (χ0n) is 15.2. The SMILES string of the molecule is CC(C)N(C(=O)C1CN(C(=O)c2ccc([N+](=O)[O-])o2)C1)C1CCCCC1. The summed E-state index contributed by atoms with van der Waals surface area (Å²) >= 11 is 0. The summed E-state index contributed by atoms with van der Waals surface area (Å²) in [6.45, 7) is 4.75. The van der Waals surface area contributed by atoms with Crippen LogP contribution in [0.5, 0.6) is 0 Å². The lowest BCUT2D eigenvalue weighted by Gasteiger charge is -2.44. The summed E-state index contributed by atoms with van der Waals surface area (Å²) in [7, 11) is 0. The smallest absolute Gasteiger partial charge is 0.395 e. The van der Waals surface area contributed by atoms with E-state index >= 15 is 0 Å². The molecule has 1 aromatic heterocycles. The van der Waals surface area contributed by atoms with Crippen LogP contribution in [0.25, 0.3) is 0 Å². The third-order valence-corrected chi connectivity index (χ3v) is 5.28. The van der Waals surface area contributed by atoms with E-state index in [-0.39, 0.29) is 23.6 Å². The molecular weight excluding hydrogens is 338 g/mol. The molecular formula is C18H25N3O5. The molecule has 2 aliphatic rings. The van der Waals surface area contributed by atoms with Gasteiger partial charge in [-0.25, -0.2) is 0 Å². The second-order valence-electron chi connectivity index (χ2n) is 7.43. The fraction of sp³-hybridized carbons (Fsp3) is 0.667. The Kier molecular flexibility index (Phi) is 5.29. The predicted octanol–water partition coefficient (Wildman–Crippen LogP) is 2.83. The molecule has 0 bridgehead atoms. The van der Waals surface area contributed by atoms with Crippen molar-refractivity contribution in [1.82, 2.24) is 9.80 Å². The van der Waals surface area contributed by atoms with E-state index < -0.39 is 16.7 Å². The Bertz CT molecular complexity index is 687. The zero-order chi connectivity index (χ0) is 18.8. The number of carbonyl (C=O) groups excluding carboxylic acids is 2. The van der Waals surface area contributed by atoms with Gasteiger partial charge in [0.1, 0.15) is 4.92 Å². The number of hydrogen-bond acceptors (Lipinski definition) is 5. The highest BCUT2D eigenvalue weighted by Gasteiger charge is 2.41. The molecule has 0 atom stereocenters. The van der Waals surface area contributed by atoms with Crippen LogP contribution in [0.3, 0.4) is 0 Å². The number of hydrogen-bond donors (Lipinski definition) is 0. The van der Waals surface area contributed by atoms with Crippen molar-refractivity contribution in [2.24, 2.45) is 5.92 Å². The third-order valence-electron chi connectivity index (χ3n) is 5.28. The molecule has 1 saturated carbocycles. The van der Waals surface area contributed by atoms with Crippen molar-refractivity contribution in [3.8, 4) is 0 Å². The maximum atomic E-state index is 12.9. The lowest BCUT2D eigenvalue weighted by atomic mass is 9.90. The Morgan fingerprint density at radius 1 is 1.23 bits per heavy atom. The van der Waals surface area contributed by atoms with Crippen LogP contribution in [0.1, 0.15) is 56.5 Å². The van der Waals surface area contributed by atoms with E-state index in [4.69, 9.17) is 4.42 Å². The van der Waals surface area contributed by atoms with E-state index in [2.05, 4.69) is 0 Å². The van der Waals surface area contributed by atoms with E-state index in [0.717, 1.165) is 25.7 Å². The van der Waals surface area contributed by atoms with Crippen molar-refractivity contribution in [2.45, 2.75) is 58.0 Å². The van der Waals surface area contributed by atoms with Crippen LogP contribution in [0.2, 0.25) is 0 Å². The average molecular weight is 363 g/mol. The first-order chi connectivity index (χ1) is 12.4. The van der Waals surface area contributed by atoms with Gasteiger partial charge in [0.25, 0.3) is 5.91 Å². The van der Waals surface area contributed by atoms with Gasteiger partial charge in [0.2, 0.25) is 5.91 Å². The number of amides is 2. The van der Waals surface area contributed by atoms with Crippen molar-refractivity contribution in [3.63, 3.8) is 0 Å². The fourth-order valence-corrected chi connectivity index (χ4v) is 3.92. The number of nitrogens with zero attached hydrogens (tertiary/aromatic N) is 3. The molecule has 2 fully saturated rings. The topological polar surface area (TPSA) is 96.9 Å². The summed E-state index contributed by atoms with van der Waals surface area (Å²) in [6, 6.07) is 2.91. The van der Waals surface area contributed by atoms with Crippen LogP contribution in [-0.2, 0) is 4.79 Å². The van der Waals surface area contributed by atoms with Crippen molar-refractivity contribution in [2.75, 3.05) is 13.1 Å². The van der Waals surface area contributed by atoms with Gasteiger partial charge in [-0.15, -0.1) is 0 Å². The molecule has 1 aliphatic carbocycles. The lowest BCUT2D eigenvalue weighted by molar-refractivity contribution is -0.402. The fourth-order valence-electron chi connectivity index (χ4n) is 3.92. The van der Waals surface area contributed by atoms with Gasteiger partial charge in [0, 0.05) is 25.2 Å². The van der Waals surface area contributed by atoms with Gasteiger partial charge in [-0.1, -0.05) is 19.3 Å². The zero-order valence-corrected chi connectivity index (χ0v) is 15.2. The van der Waals surface area contributed by atoms with Gasteiger partial charge in [-0.05, 0) is 32.8 Å². The van der Waals surface area contributed by atoms with Crippen LogP contribution in [0, 0.1) is 16.0 Å². The Balaban J connectivity index is 1.59. The van der Waals surface area contributed by atoms with E-state index in [1.807, 2.05) is 18.7 Å². The molecule has 1 saturated heterocycles. The van der Waals surface area contributed by atoms with Gasteiger partial charge < -0.3 is 14.2 Å². The van der Waals surface area contributed by atoms with Crippen molar-refractivity contribution in [1.29, 1.82) is 0 Å². The summed E-state index contributed by atoms with van der Waals surface area (Å²) in [6.07, 6.45) is 5.66. The van der Waals surface area contributed by atoms with Crippen molar-refractivity contribution in [3.05, 3.63) is 28.0 Å². The molecule has 0 aromatic carbocycles. The molecule has 8 nitrogen and oxygen atoms in total. The molecule has 2 amide bonds. The van der Waals surface area contributed by atoms with E-state index in [0.29, 0.717) is 19.1 Å². The van der Waals surface area contributed by atoms with Crippen LogP contribution in [0.4, 0.5) is 5.88 Å². The van der Waals surface area contributed by atoms with Crippen LogP contribution >= 0.6 is 0 Å². The van der Waals surface area contributed by atoms with E-state index in [1.165, 1.54) is 23.5 Å². The highest BCUT2D eigenvalue weighted by molar-refractivity contribution is 5.94.